The van der Waals surface area contributed by atoms with Crippen molar-refractivity contribution in [1.29, 1.82) is 0 Å². The molecule has 0 aliphatic carbocycles. The number of phosphoric ester groups is 1. The number of carbonyl (C=O) groups excluding carboxylic acids is 2. The molecule has 0 fully saturated rings. The number of hydrogen-bond acceptors (Lipinski definition) is 7. The molecule has 3 N–H and O–H groups in total. The summed E-state index contributed by atoms with van der Waals surface area (Å²) in [5.74, 6) is -0.216. The molecule has 10 heteroatoms. The van der Waals surface area contributed by atoms with Crippen molar-refractivity contribution in [3.05, 3.63) is 48.6 Å². The Bertz CT molecular complexity index is 936. The average molecular weight is 685 g/mol. The summed E-state index contributed by atoms with van der Waals surface area (Å²) in [6, 6.07) is 0. The van der Waals surface area contributed by atoms with Crippen LogP contribution in [0.25, 0.3) is 0 Å². The van der Waals surface area contributed by atoms with Crippen LogP contribution in [0.1, 0.15) is 143 Å². The van der Waals surface area contributed by atoms with Crippen LogP contribution in [0.3, 0.4) is 0 Å². The van der Waals surface area contributed by atoms with Gasteiger partial charge in [0, 0.05) is 12.8 Å². The van der Waals surface area contributed by atoms with Crippen LogP contribution < -0.4 is 0 Å². The highest BCUT2D eigenvalue weighted by Gasteiger charge is 2.22. The summed E-state index contributed by atoms with van der Waals surface area (Å²) in [7, 11) is -4.77. The summed E-state index contributed by atoms with van der Waals surface area (Å²) in [4.78, 5) is 42.6. The third-order valence-corrected chi connectivity index (χ3v) is 7.82. The zero-order chi connectivity index (χ0) is 35.0. The predicted molar refractivity (Wildman–Crippen MR) is 190 cm³/mol. The highest BCUT2D eigenvalue weighted by atomic mass is 31.2. The standard InChI is InChI=1S/C37H65O9P/c1-4-26-34(38)28-23-19-15-10-8-6-5-7-9-11-16-20-24-29-36(39)44-31-35(32-45-47(41,42)43)46-37(40)30-25-21-17-13-12-14-18-22-27-33(2)3/h5,7-8,10-11,16,19,23,33-35,38H,4,6,9,12-15,17-18,20-22,24-32H2,1-3H3,(H2,41,42,43)/b7-5-,10-8-,16-11-,23-19-/t34?,35-/m1/s1. The number of aliphatic hydroxyl groups is 1. The van der Waals surface area contributed by atoms with Crippen molar-refractivity contribution >= 4 is 19.8 Å². The molecule has 0 heterocycles. The molecule has 0 aromatic heterocycles. The van der Waals surface area contributed by atoms with Gasteiger partial charge < -0.3 is 24.4 Å². The fraction of sp³-hybridized carbons (Fsp3) is 0.730. The molecule has 1 unspecified atom stereocenters. The summed E-state index contributed by atoms with van der Waals surface area (Å²) in [5.41, 5.74) is 0. The van der Waals surface area contributed by atoms with Crippen LogP contribution in [-0.2, 0) is 28.2 Å². The lowest BCUT2D eigenvalue weighted by Gasteiger charge is -2.18. The molecule has 9 nitrogen and oxygen atoms in total. The number of aliphatic hydroxyl groups excluding tert-OH is 1. The zero-order valence-corrected chi connectivity index (χ0v) is 30.3. The second kappa shape index (κ2) is 31.3. The van der Waals surface area contributed by atoms with E-state index in [4.69, 9.17) is 19.3 Å². The van der Waals surface area contributed by atoms with Gasteiger partial charge in [0.25, 0.3) is 0 Å². The van der Waals surface area contributed by atoms with Crippen LogP contribution in [-0.4, -0.2) is 52.3 Å². The number of allylic oxidation sites excluding steroid dienone is 7. The lowest BCUT2D eigenvalue weighted by molar-refractivity contribution is -0.161. The SMILES string of the molecule is CCCC(O)C/C=C\C/C=C\C/C=C\C/C=C\CCCC(=O)OC[C@H](COP(=O)(O)O)OC(=O)CCCCCCCCCCC(C)C. The van der Waals surface area contributed by atoms with E-state index in [9.17, 15) is 19.3 Å². The van der Waals surface area contributed by atoms with E-state index >= 15 is 0 Å². The molecule has 0 aromatic rings. The Morgan fingerprint density at radius 1 is 0.681 bits per heavy atom. The Morgan fingerprint density at radius 3 is 1.79 bits per heavy atom. The van der Waals surface area contributed by atoms with Gasteiger partial charge in [-0.15, -0.1) is 0 Å². The number of phosphoric acid groups is 1. The number of carbonyl (C=O) groups is 2. The maximum atomic E-state index is 12.3. The molecule has 0 saturated carbocycles. The Balaban J connectivity index is 4.12. The zero-order valence-electron chi connectivity index (χ0n) is 29.4. The molecule has 0 aromatic carbocycles. The van der Waals surface area contributed by atoms with E-state index in [1.54, 1.807) is 0 Å². The van der Waals surface area contributed by atoms with Gasteiger partial charge in [-0.2, -0.15) is 0 Å². The molecule has 0 amide bonds. The Hall–Kier alpha value is -2.03. The summed E-state index contributed by atoms with van der Waals surface area (Å²) in [6.07, 6.45) is 32.0. The van der Waals surface area contributed by atoms with E-state index < -0.39 is 32.5 Å². The van der Waals surface area contributed by atoms with Gasteiger partial charge in [0.2, 0.25) is 0 Å². The van der Waals surface area contributed by atoms with Crippen LogP contribution in [0.4, 0.5) is 0 Å². The quantitative estimate of drug-likeness (QED) is 0.0282. The van der Waals surface area contributed by atoms with Crippen LogP contribution in [0.15, 0.2) is 48.6 Å². The summed E-state index contributed by atoms with van der Waals surface area (Å²) < 4.78 is 26.2. The predicted octanol–water partition coefficient (Wildman–Crippen LogP) is 9.22. The Morgan fingerprint density at radius 2 is 1.21 bits per heavy atom. The normalized spacial score (nSPS) is 13.9. The fourth-order valence-corrected chi connectivity index (χ4v) is 5.04. The van der Waals surface area contributed by atoms with Crippen LogP contribution in [0.5, 0.6) is 0 Å². The van der Waals surface area contributed by atoms with Crippen LogP contribution in [0.2, 0.25) is 0 Å². The number of esters is 2. The molecule has 47 heavy (non-hydrogen) atoms. The maximum Gasteiger partial charge on any atom is 0.469 e. The molecule has 0 aliphatic heterocycles. The topological polar surface area (TPSA) is 140 Å². The monoisotopic (exact) mass is 684 g/mol. The van der Waals surface area contributed by atoms with E-state index in [-0.39, 0.29) is 25.6 Å². The van der Waals surface area contributed by atoms with Gasteiger partial charge >= 0.3 is 19.8 Å². The van der Waals surface area contributed by atoms with Gasteiger partial charge in [-0.3, -0.25) is 14.1 Å². The van der Waals surface area contributed by atoms with Crippen LogP contribution >= 0.6 is 7.82 Å². The average Bonchev–Trinajstić information content (AvgIpc) is 3.00. The molecule has 0 spiro atoms. The van der Waals surface area contributed by atoms with E-state index in [1.165, 1.54) is 32.1 Å². The fourth-order valence-electron chi connectivity index (χ4n) is 4.68. The van der Waals surface area contributed by atoms with Crippen molar-refractivity contribution in [3.8, 4) is 0 Å². The Labute approximate surface area is 285 Å². The highest BCUT2D eigenvalue weighted by molar-refractivity contribution is 7.46. The minimum atomic E-state index is -4.77. The molecule has 0 saturated heterocycles. The van der Waals surface area contributed by atoms with E-state index in [1.807, 2.05) is 18.2 Å². The Kier molecular flexibility index (Phi) is 29.9. The van der Waals surface area contributed by atoms with Gasteiger partial charge in [0.05, 0.1) is 12.7 Å². The van der Waals surface area contributed by atoms with Crippen LogP contribution in [0, 0.1) is 5.92 Å². The van der Waals surface area contributed by atoms with Crippen molar-refractivity contribution in [1.82, 2.24) is 0 Å². The molecule has 0 aliphatic rings. The number of hydrogen-bond donors (Lipinski definition) is 3. The second-order valence-corrected chi connectivity index (χ2v) is 13.7. The lowest BCUT2D eigenvalue weighted by Crippen LogP contribution is -2.29. The molecule has 0 bridgehead atoms. The van der Waals surface area contributed by atoms with E-state index in [0.29, 0.717) is 25.7 Å². The number of unbranched alkanes of at least 4 members (excludes halogenated alkanes) is 8. The van der Waals surface area contributed by atoms with Crippen molar-refractivity contribution in [2.45, 2.75) is 155 Å². The minimum Gasteiger partial charge on any atom is -0.462 e. The van der Waals surface area contributed by atoms with Gasteiger partial charge in [0.1, 0.15) is 6.61 Å². The first-order chi connectivity index (χ1) is 22.5. The van der Waals surface area contributed by atoms with Gasteiger partial charge in [0.15, 0.2) is 6.10 Å². The summed E-state index contributed by atoms with van der Waals surface area (Å²) in [6.45, 7) is 5.68. The number of rotatable bonds is 31. The minimum absolute atomic E-state index is 0.175. The highest BCUT2D eigenvalue weighted by Crippen LogP contribution is 2.36. The van der Waals surface area contributed by atoms with Crippen molar-refractivity contribution in [2.75, 3.05) is 13.2 Å². The first-order valence-corrected chi connectivity index (χ1v) is 19.4. The molecule has 0 radical (unpaired) electrons. The third kappa shape index (κ3) is 35.1. The van der Waals surface area contributed by atoms with E-state index in [0.717, 1.165) is 57.3 Å². The van der Waals surface area contributed by atoms with Crippen molar-refractivity contribution < 1.29 is 43.0 Å². The third-order valence-electron chi connectivity index (χ3n) is 7.33. The molecular weight excluding hydrogens is 619 g/mol. The molecule has 0 rings (SSSR count). The first kappa shape index (κ1) is 45.0. The van der Waals surface area contributed by atoms with Gasteiger partial charge in [-0.25, -0.2) is 4.57 Å². The molecular formula is C37H65O9P. The second-order valence-electron chi connectivity index (χ2n) is 12.5. The first-order valence-electron chi connectivity index (χ1n) is 17.9. The van der Waals surface area contributed by atoms with E-state index in [2.05, 4.69) is 55.7 Å². The summed E-state index contributed by atoms with van der Waals surface area (Å²) >= 11 is 0. The largest absolute Gasteiger partial charge is 0.469 e. The van der Waals surface area contributed by atoms with Crippen molar-refractivity contribution in [2.24, 2.45) is 5.92 Å². The number of ether oxygens (including phenoxy) is 2. The smallest absolute Gasteiger partial charge is 0.462 e. The van der Waals surface area contributed by atoms with Crippen molar-refractivity contribution in [3.63, 3.8) is 0 Å². The summed E-state index contributed by atoms with van der Waals surface area (Å²) in [5, 5.41) is 9.68. The maximum absolute atomic E-state index is 12.3. The molecule has 2 atom stereocenters. The van der Waals surface area contributed by atoms with Gasteiger partial charge in [-0.1, -0.05) is 127 Å². The lowest BCUT2D eigenvalue weighted by atomic mass is 10.0. The molecule has 272 valence electrons. The van der Waals surface area contributed by atoms with Gasteiger partial charge in [-0.05, 0) is 57.3 Å².